The zero-order valence-electron chi connectivity index (χ0n) is 23.1. The molecule has 0 radical (unpaired) electrons. The van der Waals surface area contributed by atoms with E-state index in [-0.39, 0.29) is 28.6 Å². The molecule has 190 valence electrons. The molecule has 0 aromatic rings. The molecular weight excluding hydrogens is 463 g/mol. The number of ketones is 1. The summed E-state index contributed by atoms with van der Waals surface area (Å²) < 4.78 is 24.5. The van der Waals surface area contributed by atoms with Gasteiger partial charge in [-0.3, -0.25) is 4.79 Å². The van der Waals surface area contributed by atoms with Gasteiger partial charge >= 0.3 is 0 Å². The van der Waals surface area contributed by atoms with E-state index in [0.29, 0.717) is 12.0 Å². The molecular formula is C26H43NO5Si2. The lowest BCUT2D eigenvalue weighted by molar-refractivity contribution is -0.148. The van der Waals surface area contributed by atoms with Gasteiger partial charge in [0.2, 0.25) is 5.78 Å². The van der Waals surface area contributed by atoms with Gasteiger partial charge < -0.3 is 18.3 Å². The van der Waals surface area contributed by atoms with E-state index in [1.165, 1.54) is 0 Å². The van der Waals surface area contributed by atoms with Crippen molar-refractivity contribution >= 4 is 22.4 Å². The fourth-order valence-corrected chi connectivity index (χ4v) is 6.06. The van der Waals surface area contributed by atoms with E-state index in [1.54, 1.807) is 13.8 Å². The molecule has 34 heavy (non-hydrogen) atoms. The van der Waals surface area contributed by atoms with Crippen LogP contribution in [-0.4, -0.2) is 52.6 Å². The van der Waals surface area contributed by atoms with Gasteiger partial charge in [0, 0.05) is 12.0 Å². The summed E-state index contributed by atoms with van der Waals surface area (Å²) in [5.41, 5.74) is -0.731. The first-order chi connectivity index (χ1) is 15.1. The molecule has 1 fully saturated rings. The third-order valence-corrected chi connectivity index (χ3v) is 16.5. The Morgan fingerprint density at radius 3 is 2.09 bits per heavy atom. The van der Waals surface area contributed by atoms with Crippen LogP contribution in [0.25, 0.3) is 0 Å². The van der Waals surface area contributed by atoms with Gasteiger partial charge in [0.1, 0.15) is 6.07 Å². The van der Waals surface area contributed by atoms with Crippen LogP contribution in [0.5, 0.6) is 0 Å². The molecule has 0 bridgehead atoms. The van der Waals surface area contributed by atoms with Gasteiger partial charge in [-0.1, -0.05) is 47.5 Å². The molecule has 0 unspecified atom stereocenters. The molecule has 0 spiro atoms. The number of rotatable bonds is 5. The molecule has 0 aromatic heterocycles. The number of carbonyl (C=O) groups is 1. The average molecular weight is 507 g/mol. The molecule has 3 atom stereocenters. The van der Waals surface area contributed by atoms with E-state index >= 15 is 0 Å². The first kappa shape index (κ1) is 29.0. The number of carbonyl (C=O) groups excluding carboxylic acids is 1. The van der Waals surface area contributed by atoms with Crippen LogP contribution in [0.1, 0.15) is 61.8 Å². The van der Waals surface area contributed by atoms with Crippen LogP contribution in [0.2, 0.25) is 36.3 Å². The molecule has 6 nitrogen and oxygen atoms in total. The quantitative estimate of drug-likeness (QED) is 0.206. The second-order valence-corrected chi connectivity index (χ2v) is 22.4. The van der Waals surface area contributed by atoms with Crippen molar-refractivity contribution in [2.75, 3.05) is 6.61 Å². The number of ether oxygens (including phenoxy) is 2. The van der Waals surface area contributed by atoms with Crippen molar-refractivity contribution in [1.29, 1.82) is 5.26 Å². The lowest BCUT2D eigenvalue weighted by atomic mass is 9.98. The van der Waals surface area contributed by atoms with Gasteiger partial charge in [-0.25, -0.2) is 0 Å². The maximum atomic E-state index is 12.7. The molecule has 1 aliphatic carbocycles. The van der Waals surface area contributed by atoms with Gasteiger partial charge in [0.05, 0.1) is 12.7 Å². The molecule has 2 aliphatic rings. The van der Waals surface area contributed by atoms with E-state index in [0.717, 1.165) is 0 Å². The number of hydrogen-bond acceptors (Lipinski definition) is 6. The molecule has 1 aliphatic heterocycles. The van der Waals surface area contributed by atoms with Crippen molar-refractivity contribution in [2.24, 2.45) is 0 Å². The van der Waals surface area contributed by atoms with Crippen molar-refractivity contribution in [3.8, 4) is 17.9 Å². The van der Waals surface area contributed by atoms with Crippen molar-refractivity contribution < 1.29 is 23.1 Å². The minimum atomic E-state index is -2.34. The van der Waals surface area contributed by atoms with E-state index < -0.39 is 34.1 Å². The monoisotopic (exact) mass is 506 g/mol. The minimum Gasteiger partial charge on any atom is -0.410 e. The third kappa shape index (κ3) is 6.29. The van der Waals surface area contributed by atoms with Crippen LogP contribution in [0.3, 0.4) is 0 Å². The van der Waals surface area contributed by atoms with Gasteiger partial charge in [-0.15, -0.1) is 0 Å². The molecule has 8 heteroatoms. The van der Waals surface area contributed by atoms with Crippen LogP contribution >= 0.6 is 0 Å². The summed E-state index contributed by atoms with van der Waals surface area (Å²) in [6, 6.07) is 2.43. The molecule has 1 saturated heterocycles. The van der Waals surface area contributed by atoms with Crippen molar-refractivity contribution in [3.63, 3.8) is 0 Å². The third-order valence-electron chi connectivity index (χ3n) is 7.57. The average Bonchev–Trinajstić information content (AvgIpc) is 3.17. The lowest BCUT2D eigenvalue weighted by Gasteiger charge is -2.42. The Morgan fingerprint density at radius 1 is 1.09 bits per heavy atom. The van der Waals surface area contributed by atoms with Gasteiger partial charge in [-0.05, 0) is 62.1 Å². The fraction of sp³-hybridized carbons (Fsp3) is 0.769. The summed E-state index contributed by atoms with van der Waals surface area (Å²) in [7, 11) is -4.44. The van der Waals surface area contributed by atoms with Crippen LogP contribution in [0.15, 0.2) is 11.6 Å². The minimum absolute atomic E-state index is 0.0213. The second kappa shape index (κ2) is 9.31. The zero-order chi connectivity index (χ0) is 26.4. The van der Waals surface area contributed by atoms with Crippen molar-refractivity contribution in [2.45, 2.75) is 122 Å². The maximum absolute atomic E-state index is 12.7. The standard InChI is InChI=1S/C26H43NO5Si2/c1-23(2,3)33(9,10)31-20-15-19(13-14-21(28)22-17-29-25(7,8)30-22)26(16-20,18-27)32-34(11,12)24(4,5)6/h15,20,22H,16-17H2,1-12H3/t20-,22-,26+/m1/s1/i14+1. The Hall–Kier alpha value is -1.27. The van der Waals surface area contributed by atoms with E-state index in [1.807, 2.05) is 6.08 Å². The number of Topliss-reactive ketones (excluding diaryl/α,β-unsaturated/α-hetero) is 1. The first-order valence-corrected chi connectivity index (χ1v) is 17.9. The van der Waals surface area contributed by atoms with Gasteiger partial charge in [0.25, 0.3) is 0 Å². The normalized spacial score (nSPS) is 27.6. The van der Waals surface area contributed by atoms with E-state index in [9.17, 15) is 10.1 Å². The number of nitriles is 1. The summed E-state index contributed by atoms with van der Waals surface area (Å²) in [6.45, 7) is 25.3. The molecule has 0 saturated carbocycles. The summed E-state index contributed by atoms with van der Waals surface area (Å²) in [5.74, 6) is 4.53. The molecule has 0 N–H and O–H groups in total. The summed E-state index contributed by atoms with van der Waals surface area (Å²) >= 11 is 0. The van der Waals surface area contributed by atoms with E-state index in [4.69, 9.17) is 18.3 Å². The number of nitrogens with zero attached hydrogens (tertiary/aromatic N) is 1. The Labute approximate surface area is 208 Å². The van der Waals surface area contributed by atoms with Crippen LogP contribution in [-0.2, 0) is 23.1 Å². The molecule has 0 amide bonds. The first-order valence-electron chi connectivity index (χ1n) is 12.0. The maximum Gasteiger partial charge on any atom is 0.237 e. The lowest BCUT2D eigenvalue weighted by Crippen LogP contribution is -2.50. The largest absolute Gasteiger partial charge is 0.410 e. The van der Waals surface area contributed by atoms with Crippen molar-refractivity contribution in [1.82, 2.24) is 0 Å². The Kier molecular flexibility index (Phi) is 7.93. The highest BCUT2D eigenvalue weighted by molar-refractivity contribution is 6.74. The highest BCUT2D eigenvalue weighted by atomic mass is 28.4. The summed E-state index contributed by atoms with van der Waals surface area (Å²) in [4.78, 5) is 12.7. The summed E-state index contributed by atoms with van der Waals surface area (Å²) in [5, 5.41) is 10.3. The highest BCUT2D eigenvalue weighted by Crippen LogP contribution is 2.46. The Bertz CT molecular complexity index is 937. The van der Waals surface area contributed by atoms with Gasteiger partial charge in [0.15, 0.2) is 34.1 Å². The zero-order valence-corrected chi connectivity index (χ0v) is 25.1. The summed E-state index contributed by atoms with van der Waals surface area (Å²) in [6.07, 6.45) is 1.24. The SMILES string of the molecule is CC1(C)OC[C@H](C(=O)[13C]#CC2=C[C@@H](O[Si](C)(C)C(C)(C)C)C[C@@]2(C#N)O[Si](C)(C)C(C)(C)C)O1. The van der Waals surface area contributed by atoms with Crippen molar-refractivity contribution in [3.05, 3.63) is 11.6 Å². The Balaban J connectivity index is 2.43. The van der Waals surface area contributed by atoms with E-state index in [2.05, 4.69) is 85.6 Å². The predicted octanol–water partition coefficient (Wildman–Crippen LogP) is 5.72. The molecule has 1 heterocycles. The Morgan fingerprint density at radius 2 is 1.65 bits per heavy atom. The topological polar surface area (TPSA) is 77.8 Å². The van der Waals surface area contributed by atoms with Crippen LogP contribution in [0, 0.1) is 23.2 Å². The van der Waals surface area contributed by atoms with Crippen LogP contribution in [0.4, 0.5) is 0 Å². The van der Waals surface area contributed by atoms with Gasteiger partial charge in [-0.2, -0.15) is 5.26 Å². The number of hydrogen-bond donors (Lipinski definition) is 0. The molecule has 2 rings (SSSR count). The smallest absolute Gasteiger partial charge is 0.237 e. The highest BCUT2D eigenvalue weighted by Gasteiger charge is 2.52. The fourth-order valence-electron chi connectivity index (χ4n) is 3.39. The second-order valence-electron chi connectivity index (χ2n) is 12.9. The molecule has 0 aromatic carbocycles. The predicted molar refractivity (Wildman–Crippen MR) is 139 cm³/mol. The van der Waals surface area contributed by atoms with Crippen LogP contribution < -0.4 is 0 Å².